The number of carboxylic acid groups (broad SMARTS) is 1. The van der Waals surface area contributed by atoms with E-state index in [0.29, 0.717) is 5.56 Å². The highest BCUT2D eigenvalue weighted by Gasteiger charge is 2.25. The molecular weight excluding hydrogens is 278 g/mol. The predicted octanol–water partition coefficient (Wildman–Crippen LogP) is 1.94. The van der Waals surface area contributed by atoms with Crippen LogP contribution in [0, 0.1) is 25.7 Å². The maximum atomic E-state index is 12.2. The van der Waals surface area contributed by atoms with Crippen molar-refractivity contribution in [3.63, 3.8) is 0 Å². The van der Waals surface area contributed by atoms with E-state index in [2.05, 4.69) is 4.72 Å². The van der Waals surface area contributed by atoms with Crippen LogP contribution in [0.15, 0.2) is 23.1 Å². The van der Waals surface area contributed by atoms with E-state index in [9.17, 15) is 13.2 Å². The van der Waals surface area contributed by atoms with Gasteiger partial charge in [-0.1, -0.05) is 31.5 Å². The Balaban J connectivity index is 2.93. The van der Waals surface area contributed by atoms with Crippen LogP contribution >= 0.6 is 0 Å². The lowest BCUT2D eigenvalue weighted by atomic mass is 9.97. The molecule has 0 saturated carbocycles. The van der Waals surface area contributed by atoms with Gasteiger partial charge in [0.25, 0.3) is 0 Å². The number of nitrogens with one attached hydrogen (secondary N) is 1. The van der Waals surface area contributed by atoms with Crippen LogP contribution < -0.4 is 4.72 Å². The van der Waals surface area contributed by atoms with Gasteiger partial charge in [-0.15, -0.1) is 0 Å². The second-order valence-corrected chi connectivity index (χ2v) is 7.04. The Morgan fingerprint density at radius 3 is 2.35 bits per heavy atom. The molecule has 1 rings (SSSR count). The van der Waals surface area contributed by atoms with Crippen molar-refractivity contribution in [2.75, 3.05) is 6.54 Å². The van der Waals surface area contributed by atoms with Crippen LogP contribution in [-0.2, 0) is 14.8 Å². The van der Waals surface area contributed by atoms with E-state index in [0.717, 1.165) is 5.56 Å². The van der Waals surface area contributed by atoms with E-state index in [-0.39, 0.29) is 17.4 Å². The fourth-order valence-electron chi connectivity index (χ4n) is 1.99. The quantitative estimate of drug-likeness (QED) is 0.841. The molecule has 0 bridgehead atoms. The molecule has 6 heteroatoms. The fourth-order valence-corrected chi connectivity index (χ4v) is 3.27. The highest BCUT2D eigenvalue weighted by Crippen LogP contribution is 2.17. The standard InChI is InChI=1S/C14H21NO4S/c1-9(2)12(14(16)17)8-15-20(18,19)13-6-5-10(3)7-11(13)4/h5-7,9,12,15H,8H2,1-4H3,(H,16,17). The Labute approximate surface area is 120 Å². The van der Waals surface area contributed by atoms with Gasteiger partial charge in [-0.05, 0) is 31.4 Å². The van der Waals surface area contributed by atoms with Crippen molar-refractivity contribution in [2.45, 2.75) is 32.6 Å². The maximum Gasteiger partial charge on any atom is 0.308 e. The van der Waals surface area contributed by atoms with Crippen LogP contribution in [0.5, 0.6) is 0 Å². The van der Waals surface area contributed by atoms with Gasteiger partial charge in [-0.2, -0.15) is 0 Å². The summed E-state index contributed by atoms with van der Waals surface area (Å²) in [6.45, 7) is 7.01. The van der Waals surface area contributed by atoms with Gasteiger partial charge in [-0.25, -0.2) is 13.1 Å². The van der Waals surface area contributed by atoms with Crippen LogP contribution in [0.4, 0.5) is 0 Å². The van der Waals surface area contributed by atoms with Gasteiger partial charge in [0.2, 0.25) is 10.0 Å². The van der Waals surface area contributed by atoms with Crippen molar-refractivity contribution in [1.82, 2.24) is 4.72 Å². The number of carbonyl (C=O) groups is 1. The molecule has 0 radical (unpaired) electrons. The molecule has 2 N–H and O–H groups in total. The minimum Gasteiger partial charge on any atom is -0.481 e. The molecule has 0 saturated heterocycles. The molecule has 0 aromatic heterocycles. The summed E-state index contributed by atoms with van der Waals surface area (Å²) in [5.74, 6) is -1.88. The monoisotopic (exact) mass is 299 g/mol. The Kier molecular flexibility index (Phi) is 5.30. The first-order chi connectivity index (χ1) is 9.15. The number of carboxylic acids is 1. The number of benzene rings is 1. The second-order valence-electron chi connectivity index (χ2n) is 5.31. The molecule has 112 valence electrons. The summed E-state index contributed by atoms with van der Waals surface area (Å²) in [5, 5.41) is 9.07. The molecule has 1 aromatic rings. The average Bonchev–Trinajstić information content (AvgIpc) is 2.26. The van der Waals surface area contributed by atoms with Crippen molar-refractivity contribution in [1.29, 1.82) is 0 Å². The van der Waals surface area contributed by atoms with Crippen molar-refractivity contribution in [2.24, 2.45) is 11.8 Å². The molecule has 0 spiro atoms. The third-order valence-corrected chi connectivity index (χ3v) is 4.82. The van der Waals surface area contributed by atoms with Gasteiger partial charge < -0.3 is 5.11 Å². The van der Waals surface area contributed by atoms with Gasteiger partial charge in [0, 0.05) is 6.54 Å². The van der Waals surface area contributed by atoms with Crippen LogP contribution in [0.1, 0.15) is 25.0 Å². The summed E-state index contributed by atoms with van der Waals surface area (Å²) >= 11 is 0. The topological polar surface area (TPSA) is 83.5 Å². The maximum absolute atomic E-state index is 12.2. The molecule has 0 aliphatic rings. The summed E-state index contributed by atoms with van der Waals surface area (Å²) in [7, 11) is -3.68. The molecule has 0 heterocycles. The zero-order valence-corrected chi connectivity index (χ0v) is 13.0. The summed E-state index contributed by atoms with van der Waals surface area (Å²) in [4.78, 5) is 11.3. The molecule has 0 fully saturated rings. The lowest BCUT2D eigenvalue weighted by Crippen LogP contribution is -2.35. The predicted molar refractivity (Wildman–Crippen MR) is 77.1 cm³/mol. The molecule has 0 aliphatic heterocycles. The molecule has 1 unspecified atom stereocenters. The highest BCUT2D eigenvalue weighted by atomic mass is 32.2. The highest BCUT2D eigenvalue weighted by molar-refractivity contribution is 7.89. The number of sulfonamides is 1. The van der Waals surface area contributed by atoms with Crippen LogP contribution in [0.3, 0.4) is 0 Å². The molecular formula is C14H21NO4S. The van der Waals surface area contributed by atoms with E-state index in [1.807, 2.05) is 6.92 Å². The van der Waals surface area contributed by atoms with Crippen LogP contribution in [-0.4, -0.2) is 26.0 Å². The van der Waals surface area contributed by atoms with Crippen molar-refractivity contribution in [3.8, 4) is 0 Å². The number of aliphatic carboxylic acids is 1. The molecule has 1 atom stereocenters. The number of aryl methyl sites for hydroxylation is 2. The Morgan fingerprint density at radius 1 is 1.30 bits per heavy atom. The smallest absolute Gasteiger partial charge is 0.308 e. The van der Waals surface area contributed by atoms with Crippen LogP contribution in [0.25, 0.3) is 0 Å². The first-order valence-electron chi connectivity index (χ1n) is 6.45. The molecule has 0 aliphatic carbocycles. The van der Waals surface area contributed by atoms with Gasteiger partial charge in [0.1, 0.15) is 0 Å². The summed E-state index contributed by atoms with van der Waals surface area (Å²) in [6, 6.07) is 5.04. The van der Waals surface area contributed by atoms with Gasteiger partial charge >= 0.3 is 5.97 Å². The molecule has 5 nitrogen and oxygen atoms in total. The normalized spacial score (nSPS) is 13.4. The van der Waals surface area contributed by atoms with Crippen molar-refractivity contribution >= 4 is 16.0 Å². The molecule has 1 aromatic carbocycles. The number of hydrogen-bond donors (Lipinski definition) is 2. The van der Waals surface area contributed by atoms with Crippen molar-refractivity contribution < 1.29 is 18.3 Å². The average molecular weight is 299 g/mol. The fraction of sp³-hybridized carbons (Fsp3) is 0.500. The molecule has 0 amide bonds. The third kappa shape index (κ3) is 4.05. The minimum atomic E-state index is -3.68. The van der Waals surface area contributed by atoms with Gasteiger partial charge in [0.05, 0.1) is 10.8 Å². The number of hydrogen-bond acceptors (Lipinski definition) is 3. The SMILES string of the molecule is Cc1ccc(S(=O)(=O)NCC(C(=O)O)C(C)C)c(C)c1. The minimum absolute atomic E-state index is 0.108. The third-order valence-electron chi connectivity index (χ3n) is 3.24. The first kappa shape index (κ1) is 16.7. The Bertz CT molecular complexity index is 593. The zero-order chi connectivity index (χ0) is 15.5. The van der Waals surface area contributed by atoms with E-state index < -0.39 is 21.9 Å². The summed E-state index contributed by atoms with van der Waals surface area (Å²) < 4.78 is 26.8. The lowest BCUT2D eigenvalue weighted by molar-refractivity contribution is -0.142. The van der Waals surface area contributed by atoms with Crippen molar-refractivity contribution in [3.05, 3.63) is 29.3 Å². The Morgan fingerprint density at radius 2 is 1.90 bits per heavy atom. The van der Waals surface area contributed by atoms with E-state index in [4.69, 9.17) is 5.11 Å². The second kappa shape index (κ2) is 6.37. The summed E-state index contributed by atoms with van der Waals surface area (Å²) in [6.07, 6.45) is 0. The van der Waals surface area contributed by atoms with Gasteiger partial charge in [0.15, 0.2) is 0 Å². The molecule has 20 heavy (non-hydrogen) atoms. The lowest BCUT2D eigenvalue weighted by Gasteiger charge is -2.17. The van der Waals surface area contributed by atoms with E-state index >= 15 is 0 Å². The van der Waals surface area contributed by atoms with E-state index in [1.165, 1.54) is 6.07 Å². The van der Waals surface area contributed by atoms with Crippen LogP contribution in [0.2, 0.25) is 0 Å². The zero-order valence-electron chi connectivity index (χ0n) is 12.2. The van der Waals surface area contributed by atoms with E-state index in [1.54, 1.807) is 32.9 Å². The van der Waals surface area contributed by atoms with Gasteiger partial charge in [-0.3, -0.25) is 4.79 Å². The number of rotatable bonds is 6. The summed E-state index contributed by atoms with van der Waals surface area (Å²) in [5.41, 5.74) is 1.63. The largest absolute Gasteiger partial charge is 0.481 e. The Hall–Kier alpha value is -1.40. The first-order valence-corrected chi connectivity index (χ1v) is 7.93.